The third kappa shape index (κ3) is 7.57. The number of rotatable bonds is 13. The number of benzene rings is 3. The molecule has 42 heavy (non-hydrogen) atoms. The van der Waals surface area contributed by atoms with E-state index < -0.39 is 22.5 Å². The predicted octanol–water partition coefficient (Wildman–Crippen LogP) is 5.61. The Kier molecular flexibility index (Phi) is 10.1. The number of ketones is 1. The van der Waals surface area contributed by atoms with Crippen molar-refractivity contribution in [3.63, 3.8) is 0 Å². The van der Waals surface area contributed by atoms with E-state index in [-0.39, 0.29) is 32.8 Å². The number of nitrogens with one attached hydrogen (secondary N) is 1. The minimum absolute atomic E-state index is 0.0906. The Morgan fingerprint density at radius 3 is 2.33 bits per heavy atom. The first-order chi connectivity index (χ1) is 20.0. The van der Waals surface area contributed by atoms with Gasteiger partial charge in [-0.05, 0) is 67.9 Å². The summed E-state index contributed by atoms with van der Waals surface area (Å²) in [5.74, 6) is -0.757. The zero-order valence-electron chi connectivity index (χ0n) is 23.0. The fourth-order valence-corrected chi connectivity index (χ4v) is 6.67. The van der Waals surface area contributed by atoms with Gasteiger partial charge < -0.3 is 15.3 Å². The first-order valence-electron chi connectivity index (χ1n) is 13.0. The molecule has 0 radical (unpaired) electrons. The lowest BCUT2D eigenvalue weighted by atomic mass is 9.97. The summed E-state index contributed by atoms with van der Waals surface area (Å²) in [7, 11) is -0.414. The zero-order valence-corrected chi connectivity index (χ0v) is 25.4. The van der Waals surface area contributed by atoms with Crippen LogP contribution in [0.1, 0.15) is 22.3 Å². The number of pyridine rings is 1. The Balaban J connectivity index is 1.64. The third-order valence-corrected chi connectivity index (χ3v) is 8.68. The van der Waals surface area contributed by atoms with Gasteiger partial charge in [0.15, 0.2) is 5.78 Å². The van der Waals surface area contributed by atoms with Gasteiger partial charge in [0.05, 0.1) is 10.6 Å². The molecule has 0 amide bonds. The molecule has 0 aliphatic heterocycles. The highest BCUT2D eigenvalue weighted by atomic mass is 35.5. The van der Waals surface area contributed by atoms with Gasteiger partial charge in [-0.3, -0.25) is 13.9 Å². The fraction of sp³-hybridized carbons (Fsp3) is 0.233. The lowest BCUT2D eigenvalue weighted by Crippen LogP contribution is -2.36. The highest BCUT2D eigenvalue weighted by molar-refractivity contribution is 7.93. The highest BCUT2D eigenvalue weighted by Gasteiger charge is 2.29. The molecule has 0 aliphatic rings. The number of carbonyl (C=O) groups is 2. The molecule has 9 nitrogen and oxygen atoms in total. The van der Waals surface area contributed by atoms with Crippen molar-refractivity contribution in [1.29, 1.82) is 0 Å². The lowest BCUT2D eigenvalue weighted by molar-refractivity contribution is -0.135. The largest absolute Gasteiger partial charge is 0.480 e. The number of aromatic nitrogens is 1. The van der Waals surface area contributed by atoms with Gasteiger partial charge in [0, 0.05) is 46.7 Å². The summed E-state index contributed by atoms with van der Waals surface area (Å²) in [5.41, 5.74) is 1.47. The number of aryl methyl sites for hydroxylation is 1. The van der Waals surface area contributed by atoms with Crippen molar-refractivity contribution in [3.8, 4) is 0 Å². The van der Waals surface area contributed by atoms with Gasteiger partial charge in [0.25, 0.3) is 10.0 Å². The Hall–Kier alpha value is -3.70. The molecule has 0 bridgehead atoms. The standard InChI is InChI=1S/C30H30Cl2N4O5S/c1-35(2)14-13-34-29-15-20(11-12-33-29)9-10-28(37)26-7-3-6-25-24(26)5-4-8-27(25)36(19-30(38)39)42(40,41)23-17-21(31)16-22(32)18-23/h3-8,11-12,15-18H,9-10,13-14,19H2,1-2H3,(H,33,34)(H,38,39). The number of nitrogens with zero attached hydrogens (tertiary/aromatic N) is 3. The molecule has 0 atom stereocenters. The molecule has 4 aromatic rings. The van der Waals surface area contributed by atoms with Crippen molar-refractivity contribution in [3.05, 3.63) is 94.1 Å². The maximum absolute atomic E-state index is 13.7. The smallest absolute Gasteiger partial charge is 0.324 e. The van der Waals surface area contributed by atoms with Crippen LogP contribution in [-0.4, -0.2) is 68.9 Å². The van der Waals surface area contributed by atoms with E-state index in [0.717, 1.165) is 28.8 Å². The number of fused-ring (bicyclic) bond motifs is 1. The second kappa shape index (κ2) is 13.5. The number of anilines is 2. The number of carbonyl (C=O) groups excluding carboxylic acids is 1. The van der Waals surface area contributed by atoms with Crippen LogP contribution in [0.4, 0.5) is 11.5 Å². The summed E-state index contributed by atoms with van der Waals surface area (Å²) < 4.78 is 28.2. The van der Waals surface area contributed by atoms with Crippen LogP contribution in [0.15, 0.2) is 77.8 Å². The molecule has 0 saturated carbocycles. The van der Waals surface area contributed by atoms with Crippen molar-refractivity contribution in [2.45, 2.75) is 17.7 Å². The molecule has 4 rings (SSSR count). The molecule has 0 unspecified atom stereocenters. The second-order valence-corrected chi connectivity index (χ2v) is 12.6. The van der Waals surface area contributed by atoms with Crippen LogP contribution in [0.2, 0.25) is 10.0 Å². The van der Waals surface area contributed by atoms with E-state index >= 15 is 0 Å². The van der Waals surface area contributed by atoms with E-state index in [2.05, 4.69) is 15.2 Å². The van der Waals surface area contributed by atoms with Crippen molar-refractivity contribution in [1.82, 2.24) is 9.88 Å². The Morgan fingerprint density at radius 2 is 1.64 bits per heavy atom. The minimum Gasteiger partial charge on any atom is -0.480 e. The van der Waals surface area contributed by atoms with Gasteiger partial charge in [0.1, 0.15) is 12.4 Å². The summed E-state index contributed by atoms with van der Waals surface area (Å²) in [4.78, 5) is 31.4. The molecule has 3 aromatic carbocycles. The maximum atomic E-state index is 13.7. The van der Waals surface area contributed by atoms with Crippen LogP contribution in [0.5, 0.6) is 0 Å². The van der Waals surface area contributed by atoms with E-state index in [1.807, 2.05) is 26.2 Å². The molecule has 0 spiro atoms. The summed E-state index contributed by atoms with van der Waals surface area (Å²) in [6.45, 7) is 0.738. The van der Waals surface area contributed by atoms with Crippen molar-refractivity contribution < 1.29 is 23.1 Å². The number of halogens is 2. The van der Waals surface area contributed by atoms with Crippen LogP contribution in [0, 0.1) is 0 Å². The van der Waals surface area contributed by atoms with Crippen LogP contribution in [0.3, 0.4) is 0 Å². The van der Waals surface area contributed by atoms with E-state index in [1.165, 1.54) is 24.3 Å². The highest BCUT2D eigenvalue weighted by Crippen LogP contribution is 2.34. The zero-order chi connectivity index (χ0) is 30.4. The van der Waals surface area contributed by atoms with Gasteiger partial charge in [0.2, 0.25) is 0 Å². The number of hydrogen-bond acceptors (Lipinski definition) is 7. The normalized spacial score (nSPS) is 11.5. The Bertz CT molecular complexity index is 1710. The van der Waals surface area contributed by atoms with Gasteiger partial charge >= 0.3 is 5.97 Å². The summed E-state index contributed by atoms with van der Waals surface area (Å²) in [6, 6.07) is 17.4. The molecule has 0 saturated heterocycles. The number of hydrogen-bond donors (Lipinski definition) is 2. The number of likely N-dealkylation sites (N-methyl/N-ethyl adjacent to an activating group) is 1. The molecule has 1 aromatic heterocycles. The first kappa shape index (κ1) is 31.2. The Labute approximate surface area is 254 Å². The summed E-state index contributed by atoms with van der Waals surface area (Å²) in [5, 5.41) is 14.0. The quantitative estimate of drug-likeness (QED) is 0.183. The number of carboxylic acids is 1. The molecular formula is C30H30Cl2N4O5S. The van der Waals surface area contributed by atoms with Crippen molar-refractivity contribution >= 4 is 67.3 Å². The molecule has 0 aliphatic carbocycles. The summed E-state index contributed by atoms with van der Waals surface area (Å²) >= 11 is 12.1. The average molecular weight is 630 g/mol. The predicted molar refractivity (Wildman–Crippen MR) is 167 cm³/mol. The number of carboxylic acid groups (broad SMARTS) is 1. The monoisotopic (exact) mass is 628 g/mol. The molecule has 1 heterocycles. The average Bonchev–Trinajstić information content (AvgIpc) is 2.93. The molecular weight excluding hydrogens is 599 g/mol. The molecule has 220 valence electrons. The fourth-order valence-electron chi connectivity index (χ4n) is 4.51. The first-order valence-corrected chi connectivity index (χ1v) is 15.2. The van der Waals surface area contributed by atoms with E-state index in [1.54, 1.807) is 36.5 Å². The second-order valence-electron chi connectivity index (χ2n) is 9.89. The van der Waals surface area contributed by atoms with Crippen LogP contribution >= 0.6 is 23.2 Å². The van der Waals surface area contributed by atoms with E-state index in [0.29, 0.717) is 22.8 Å². The number of sulfonamides is 1. The number of Topliss-reactive ketones (excluding diaryl/α,β-unsaturated/α-hetero) is 1. The molecule has 12 heteroatoms. The molecule has 0 fully saturated rings. The summed E-state index contributed by atoms with van der Waals surface area (Å²) in [6.07, 6.45) is 2.39. The van der Waals surface area contributed by atoms with E-state index in [9.17, 15) is 23.1 Å². The Morgan fingerprint density at radius 1 is 0.952 bits per heavy atom. The van der Waals surface area contributed by atoms with Crippen LogP contribution in [-0.2, 0) is 21.2 Å². The van der Waals surface area contributed by atoms with Crippen LogP contribution < -0.4 is 9.62 Å². The van der Waals surface area contributed by atoms with Gasteiger partial charge in [-0.1, -0.05) is 53.5 Å². The van der Waals surface area contributed by atoms with Crippen molar-refractivity contribution in [2.24, 2.45) is 0 Å². The maximum Gasteiger partial charge on any atom is 0.324 e. The van der Waals surface area contributed by atoms with Crippen molar-refractivity contribution in [2.75, 3.05) is 43.4 Å². The van der Waals surface area contributed by atoms with Crippen LogP contribution in [0.25, 0.3) is 10.8 Å². The third-order valence-electron chi connectivity index (χ3n) is 6.50. The number of aliphatic carboxylic acids is 1. The topological polar surface area (TPSA) is 120 Å². The van der Waals surface area contributed by atoms with E-state index in [4.69, 9.17) is 23.2 Å². The molecule has 2 N–H and O–H groups in total. The SMILES string of the molecule is CN(C)CCNc1cc(CCC(=O)c2cccc3c(N(CC(=O)O)S(=O)(=O)c4cc(Cl)cc(Cl)c4)cccc23)ccn1. The van der Waals surface area contributed by atoms with Gasteiger partial charge in [-0.15, -0.1) is 0 Å². The van der Waals surface area contributed by atoms with Gasteiger partial charge in [-0.2, -0.15) is 0 Å². The minimum atomic E-state index is -4.40. The lowest BCUT2D eigenvalue weighted by Gasteiger charge is -2.25. The van der Waals surface area contributed by atoms with Gasteiger partial charge in [-0.25, -0.2) is 13.4 Å².